The molecular weight excluding hydrogens is 248 g/mol. The molecule has 0 aliphatic rings. The topological polar surface area (TPSA) is 118 Å². The van der Waals surface area contributed by atoms with Gasteiger partial charge in [-0.2, -0.15) is 15.0 Å². The maximum Gasteiger partial charge on any atom is 0.243 e. The Labute approximate surface area is 110 Å². The number of aromatic nitrogens is 5. The van der Waals surface area contributed by atoms with Gasteiger partial charge in [0.05, 0.1) is 6.61 Å². The molecule has 9 nitrogen and oxygen atoms in total. The second kappa shape index (κ2) is 6.07. The normalized spacial score (nSPS) is 10.5. The van der Waals surface area contributed by atoms with E-state index < -0.39 is 0 Å². The maximum absolute atomic E-state index is 9.04. The van der Waals surface area contributed by atoms with Crippen LogP contribution >= 0.6 is 0 Å². The van der Waals surface area contributed by atoms with Crippen LogP contribution in [0.15, 0.2) is 18.7 Å². The molecule has 0 radical (unpaired) electrons. The maximum atomic E-state index is 9.04. The molecule has 0 saturated carbocycles. The first-order valence-corrected chi connectivity index (χ1v) is 5.85. The second-order valence-electron chi connectivity index (χ2n) is 3.68. The summed E-state index contributed by atoms with van der Waals surface area (Å²) in [5, 5.41) is 9.04. The lowest BCUT2D eigenvalue weighted by atomic mass is 10.5. The standard InChI is InChI=1S/C10H16N8O/c1-2-17(5-6-19)9-13-8(16-11)14-10(15-9)18-4-3-12-7-18/h3-4,7,19H,2,5-6,11H2,1H3,(H,13,14,15,16). The lowest BCUT2D eigenvalue weighted by Crippen LogP contribution is -2.29. The van der Waals surface area contributed by atoms with E-state index in [1.54, 1.807) is 23.3 Å². The highest BCUT2D eigenvalue weighted by Crippen LogP contribution is 2.12. The third-order valence-electron chi connectivity index (χ3n) is 2.51. The molecule has 0 atom stereocenters. The zero-order valence-corrected chi connectivity index (χ0v) is 10.6. The Bertz CT molecular complexity index is 514. The number of nitrogen functional groups attached to an aromatic ring is 1. The largest absolute Gasteiger partial charge is 0.395 e. The van der Waals surface area contributed by atoms with Gasteiger partial charge in [0.25, 0.3) is 0 Å². The monoisotopic (exact) mass is 264 g/mol. The molecule has 0 aliphatic heterocycles. The molecule has 0 spiro atoms. The van der Waals surface area contributed by atoms with Crippen molar-refractivity contribution in [2.24, 2.45) is 5.84 Å². The van der Waals surface area contributed by atoms with Gasteiger partial charge in [0.2, 0.25) is 17.8 Å². The van der Waals surface area contributed by atoms with Gasteiger partial charge >= 0.3 is 0 Å². The van der Waals surface area contributed by atoms with E-state index in [4.69, 9.17) is 10.9 Å². The van der Waals surface area contributed by atoms with Crippen LogP contribution in [0.1, 0.15) is 6.92 Å². The minimum Gasteiger partial charge on any atom is -0.395 e. The Kier molecular flexibility index (Phi) is 4.21. The number of aliphatic hydroxyl groups excluding tert-OH is 1. The fourth-order valence-corrected chi connectivity index (χ4v) is 1.57. The van der Waals surface area contributed by atoms with Crippen LogP contribution in [-0.2, 0) is 0 Å². The first kappa shape index (κ1) is 13.2. The Morgan fingerprint density at radius 1 is 1.42 bits per heavy atom. The van der Waals surface area contributed by atoms with Gasteiger partial charge in [0, 0.05) is 25.5 Å². The van der Waals surface area contributed by atoms with Gasteiger partial charge in [-0.1, -0.05) is 0 Å². The van der Waals surface area contributed by atoms with Crippen LogP contribution in [0, 0.1) is 0 Å². The van der Waals surface area contributed by atoms with E-state index in [0.29, 0.717) is 25.0 Å². The van der Waals surface area contributed by atoms with E-state index in [2.05, 4.69) is 25.4 Å². The predicted molar refractivity (Wildman–Crippen MR) is 69.7 cm³/mol. The van der Waals surface area contributed by atoms with Gasteiger partial charge in [-0.25, -0.2) is 10.8 Å². The summed E-state index contributed by atoms with van der Waals surface area (Å²) in [5.74, 6) is 6.47. The summed E-state index contributed by atoms with van der Waals surface area (Å²) in [6, 6.07) is 0. The van der Waals surface area contributed by atoms with Crippen molar-refractivity contribution in [3.05, 3.63) is 18.7 Å². The zero-order chi connectivity index (χ0) is 13.7. The molecule has 0 aromatic carbocycles. The van der Waals surface area contributed by atoms with E-state index >= 15 is 0 Å². The Balaban J connectivity index is 2.41. The number of aliphatic hydroxyl groups is 1. The zero-order valence-electron chi connectivity index (χ0n) is 10.6. The number of nitrogens with one attached hydrogen (secondary N) is 1. The third-order valence-corrected chi connectivity index (χ3v) is 2.51. The summed E-state index contributed by atoms with van der Waals surface area (Å²) in [6.07, 6.45) is 4.94. The number of hydrogen-bond acceptors (Lipinski definition) is 8. The molecule has 9 heteroatoms. The summed E-state index contributed by atoms with van der Waals surface area (Å²) < 4.78 is 1.65. The average Bonchev–Trinajstić information content (AvgIpc) is 2.98. The molecule has 0 aliphatic carbocycles. The van der Waals surface area contributed by atoms with E-state index in [9.17, 15) is 0 Å². The molecule has 2 heterocycles. The lowest BCUT2D eigenvalue weighted by Gasteiger charge is -2.20. The molecule has 0 unspecified atom stereocenters. The quantitative estimate of drug-likeness (QED) is 0.456. The first-order chi connectivity index (χ1) is 9.28. The van der Waals surface area contributed by atoms with Crippen molar-refractivity contribution in [3.8, 4) is 5.95 Å². The van der Waals surface area contributed by atoms with Crippen molar-refractivity contribution in [3.63, 3.8) is 0 Å². The number of rotatable bonds is 6. The molecule has 19 heavy (non-hydrogen) atoms. The summed E-state index contributed by atoms with van der Waals surface area (Å²) in [4.78, 5) is 18.4. The van der Waals surface area contributed by atoms with Crippen molar-refractivity contribution in [1.29, 1.82) is 0 Å². The van der Waals surface area contributed by atoms with Crippen molar-refractivity contribution in [2.75, 3.05) is 30.0 Å². The number of hydrogen-bond donors (Lipinski definition) is 3. The van der Waals surface area contributed by atoms with Gasteiger partial charge in [-0.05, 0) is 6.92 Å². The first-order valence-electron chi connectivity index (χ1n) is 5.85. The van der Waals surface area contributed by atoms with E-state index in [0.717, 1.165) is 0 Å². The number of hydrazine groups is 1. The van der Waals surface area contributed by atoms with Crippen LogP contribution in [-0.4, -0.2) is 49.3 Å². The van der Waals surface area contributed by atoms with E-state index in [1.807, 2.05) is 11.8 Å². The van der Waals surface area contributed by atoms with Gasteiger partial charge < -0.3 is 10.0 Å². The van der Waals surface area contributed by atoms with Gasteiger partial charge in [0.15, 0.2) is 0 Å². The van der Waals surface area contributed by atoms with Crippen molar-refractivity contribution < 1.29 is 5.11 Å². The van der Waals surface area contributed by atoms with Crippen molar-refractivity contribution in [1.82, 2.24) is 24.5 Å². The molecular formula is C10H16N8O. The van der Waals surface area contributed by atoms with Crippen molar-refractivity contribution >= 4 is 11.9 Å². The average molecular weight is 264 g/mol. The molecule has 4 N–H and O–H groups in total. The molecule has 0 fully saturated rings. The minimum absolute atomic E-state index is 0.0192. The van der Waals surface area contributed by atoms with E-state index in [-0.39, 0.29) is 12.6 Å². The Morgan fingerprint density at radius 2 is 2.26 bits per heavy atom. The number of imidazole rings is 1. The van der Waals surface area contributed by atoms with Crippen LogP contribution in [0.2, 0.25) is 0 Å². The summed E-state index contributed by atoms with van der Waals surface area (Å²) in [7, 11) is 0. The minimum atomic E-state index is 0.0192. The summed E-state index contributed by atoms with van der Waals surface area (Å²) in [5.41, 5.74) is 2.41. The highest BCUT2D eigenvalue weighted by molar-refractivity contribution is 5.39. The number of likely N-dealkylation sites (N-methyl/N-ethyl adjacent to an activating group) is 1. The van der Waals surface area contributed by atoms with Crippen LogP contribution in [0.4, 0.5) is 11.9 Å². The molecule has 0 bridgehead atoms. The molecule has 102 valence electrons. The van der Waals surface area contributed by atoms with Gasteiger partial charge in [-0.15, -0.1) is 0 Å². The number of nitrogens with zero attached hydrogens (tertiary/aromatic N) is 6. The molecule has 0 amide bonds. The van der Waals surface area contributed by atoms with Crippen LogP contribution < -0.4 is 16.2 Å². The summed E-state index contributed by atoms with van der Waals surface area (Å²) >= 11 is 0. The fraction of sp³-hybridized carbons (Fsp3) is 0.400. The van der Waals surface area contributed by atoms with Gasteiger partial charge in [0.1, 0.15) is 6.33 Å². The molecule has 0 saturated heterocycles. The van der Waals surface area contributed by atoms with Crippen LogP contribution in [0.5, 0.6) is 0 Å². The smallest absolute Gasteiger partial charge is 0.243 e. The number of anilines is 2. The number of nitrogens with two attached hydrogens (primary N) is 1. The Hall–Kier alpha value is -2.26. The van der Waals surface area contributed by atoms with Crippen LogP contribution in [0.3, 0.4) is 0 Å². The highest BCUT2D eigenvalue weighted by atomic mass is 16.3. The molecule has 2 aromatic heterocycles. The Morgan fingerprint density at radius 3 is 2.84 bits per heavy atom. The summed E-state index contributed by atoms with van der Waals surface area (Å²) in [6.45, 7) is 3.07. The fourth-order valence-electron chi connectivity index (χ4n) is 1.57. The molecule has 2 aromatic rings. The van der Waals surface area contributed by atoms with Gasteiger partial charge in [-0.3, -0.25) is 9.99 Å². The predicted octanol–water partition coefficient (Wildman–Crippen LogP) is -0.838. The van der Waals surface area contributed by atoms with E-state index in [1.165, 1.54) is 0 Å². The highest BCUT2D eigenvalue weighted by Gasteiger charge is 2.12. The second-order valence-corrected chi connectivity index (χ2v) is 3.68. The lowest BCUT2D eigenvalue weighted by molar-refractivity contribution is 0.301. The molecule has 2 rings (SSSR count). The SMILES string of the molecule is CCN(CCO)c1nc(NN)nc(-n2ccnc2)n1. The third kappa shape index (κ3) is 2.95. The van der Waals surface area contributed by atoms with Crippen LogP contribution in [0.25, 0.3) is 5.95 Å². The van der Waals surface area contributed by atoms with Crippen molar-refractivity contribution in [2.45, 2.75) is 6.92 Å².